The molecule has 1 N–H and O–H groups in total. The van der Waals surface area contributed by atoms with Crippen LogP contribution in [0.15, 0.2) is 6.07 Å². The SMILES string of the molecule is CCOc1cc(C)nc(N2CCN(C[C@@H](O)C(F)(F)F)CC2)n1. The molecule has 0 unspecified atom stereocenters. The fraction of sp³-hybridized carbons (Fsp3) is 0.714. The van der Waals surface area contributed by atoms with Gasteiger partial charge < -0.3 is 14.7 Å². The Morgan fingerprint density at radius 2 is 1.91 bits per heavy atom. The number of hydrogen-bond acceptors (Lipinski definition) is 6. The molecule has 1 fully saturated rings. The number of nitrogens with zero attached hydrogens (tertiary/aromatic N) is 4. The van der Waals surface area contributed by atoms with Crippen LogP contribution in [-0.2, 0) is 0 Å². The predicted octanol–water partition coefficient (Wildman–Crippen LogP) is 1.23. The van der Waals surface area contributed by atoms with Crippen molar-refractivity contribution in [3.63, 3.8) is 0 Å². The summed E-state index contributed by atoms with van der Waals surface area (Å²) in [5.74, 6) is 1.01. The van der Waals surface area contributed by atoms with Gasteiger partial charge in [0.25, 0.3) is 0 Å². The van der Waals surface area contributed by atoms with Gasteiger partial charge >= 0.3 is 6.18 Å². The Kier molecular flexibility index (Phi) is 5.64. The van der Waals surface area contributed by atoms with E-state index in [2.05, 4.69) is 9.97 Å². The van der Waals surface area contributed by atoms with Gasteiger partial charge in [0.1, 0.15) is 0 Å². The van der Waals surface area contributed by atoms with Gasteiger partial charge in [-0.1, -0.05) is 0 Å². The van der Waals surface area contributed by atoms with Gasteiger partial charge in [0.05, 0.1) is 6.61 Å². The average Bonchev–Trinajstić information content (AvgIpc) is 2.46. The summed E-state index contributed by atoms with van der Waals surface area (Å²) in [6.45, 7) is 5.61. The Hall–Kier alpha value is -1.61. The lowest BCUT2D eigenvalue weighted by Gasteiger charge is -2.35. The van der Waals surface area contributed by atoms with E-state index in [1.807, 2.05) is 18.7 Å². The Labute approximate surface area is 132 Å². The molecule has 1 aromatic rings. The number of alkyl halides is 3. The second-order valence-electron chi connectivity index (χ2n) is 5.43. The number of piperazine rings is 1. The fourth-order valence-electron chi connectivity index (χ4n) is 2.37. The third-order valence-corrected chi connectivity index (χ3v) is 3.58. The Bertz CT molecular complexity index is 519. The maximum absolute atomic E-state index is 12.4. The first-order chi connectivity index (χ1) is 10.8. The minimum absolute atomic E-state index is 0.407. The van der Waals surface area contributed by atoms with E-state index in [1.165, 1.54) is 0 Å². The molecule has 0 radical (unpaired) electrons. The number of aromatic nitrogens is 2. The van der Waals surface area contributed by atoms with Crippen molar-refractivity contribution in [3.8, 4) is 5.88 Å². The molecular weight excluding hydrogens is 313 g/mol. The summed E-state index contributed by atoms with van der Waals surface area (Å²) in [6.07, 6.45) is -6.89. The van der Waals surface area contributed by atoms with Crippen molar-refractivity contribution >= 4 is 5.95 Å². The van der Waals surface area contributed by atoms with Crippen LogP contribution in [0.25, 0.3) is 0 Å². The van der Waals surface area contributed by atoms with Crippen LogP contribution in [0.4, 0.5) is 19.1 Å². The summed E-state index contributed by atoms with van der Waals surface area (Å²) in [5.41, 5.74) is 0.772. The lowest BCUT2D eigenvalue weighted by atomic mass is 10.2. The second kappa shape index (κ2) is 7.31. The molecule has 23 heavy (non-hydrogen) atoms. The highest BCUT2D eigenvalue weighted by atomic mass is 19.4. The van der Waals surface area contributed by atoms with Crippen molar-refractivity contribution in [2.45, 2.75) is 26.1 Å². The van der Waals surface area contributed by atoms with E-state index in [9.17, 15) is 13.2 Å². The molecule has 0 amide bonds. The number of ether oxygens (including phenoxy) is 1. The standard InChI is InChI=1S/C14H21F3N4O2/c1-3-23-12-8-10(2)18-13(19-12)21-6-4-20(5-7-21)9-11(22)14(15,16)17/h8,11,22H,3-7,9H2,1-2H3/t11-/m1/s1. The van der Waals surface area contributed by atoms with Gasteiger partial charge in [-0.2, -0.15) is 18.2 Å². The number of β-amino-alcohol motifs (C(OH)–C–C–N with tert-alkyl or cyclic N) is 1. The third-order valence-electron chi connectivity index (χ3n) is 3.58. The lowest BCUT2D eigenvalue weighted by Crippen LogP contribution is -2.51. The van der Waals surface area contributed by atoms with Crippen LogP contribution in [0, 0.1) is 6.92 Å². The van der Waals surface area contributed by atoms with Gasteiger partial charge in [-0.25, -0.2) is 4.98 Å². The summed E-state index contributed by atoms with van der Waals surface area (Å²) >= 11 is 0. The summed E-state index contributed by atoms with van der Waals surface area (Å²) in [7, 11) is 0. The van der Waals surface area contributed by atoms with Gasteiger partial charge in [-0.15, -0.1) is 0 Å². The summed E-state index contributed by atoms with van der Waals surface area (Å²) in [4.78, 5) is 12.2. The Balaban J connectivity index is 1.94. The zero-order valence-electron chi connectivity index (χ0n) is 13.2. The lowest BCUT2D eigenvalue weighted by molar-refractivity contribution is -0.208. The average molecular weight is 334 g/mol. The van der Waals surface area contributed by atoms with E-state index in [4.69, 9.17) is 9.84 Å². The molecule has 0 aromatic carbocycles. The smallest absolute Gasteiger partial charge is 0.415 e. The quantitative estimate of drug-likeness (QED) is 0.874. The Morgan fingerprint density at radius 1 is 1.26 bits per heavy atom. The number of aryl methyl sites for hydroxylation is 1. The second-order valence-corrected chi connectivity index (χ2v) is 5.43. The predicted molar refractivity (Wildman–Crippen MR) is 78.7 cm³/mol. The molecule has 1 atom stereocenters. The highest BCUT2D eigenvalue weighted by Gasteiger charge is 2.39. The monoisotopic (exact) mass is 334 g/mol. The Morgan fingerprint density at radius 3 is 2.48 bits per heavy atom. The number of anilines is 1. The molecule has 0 spiro atoms. The first-order valence-electron chi connectivity index (χ1n) is 7.50. The molecule has 1 saturated heterocycles. The van der Waals surface area contributed by atoms with Gasteiger partial charge in [0, 0.05) is 44.5 Å². The van der Waals surface area contributed by atoms with Gasteiger partial charge in [0.15, 0.2) is 6.10 Å². The molecule has 0 bridgehead atoms. The summed E-state index contributed by atoms with van der Waals surface area (Å²) in [6, 6.07) is 1.74. The normalized spacial score (nSPS) is 18.1. The third kappa shape index (κ3) is 4.93. The summed E-state index contributed by atoms with van der Waals surface area (Å²) in [5, 5.41) is 9.13. The van der Waals surface area contributed by atoms with E-state index >= 15 is 0 Å². The zero-order valence-corrected chi connectivity index (χ0v) is 13.2. The van der Waals surface area contributed by atoms with E-state index < -0.39 is 18.8 Å². The van der Waals surface area contributed by atoms with Crippen LogP contribution >= 0.6 is 0 Å². The van der Waals surface area contributed by atoms with Crippen molar-refractivity contribution in [2.75, 3.05) is 44.2 Å². The molecular formula is C14H21F3N4O2. The molecule has 130 valence electrons. The van der Waals surface area contributed by atoms with Gasteiger partial charge in [0.2, 0.25) is 11.8 Å². The highest BCUT2D eigenvalue weighted by molar-refractivity contribution is 5.35. The van der Waals surface area contributed by atoms with Crippen LogP contribution in [0.2, 0.25) is 0 Å². The van der Waals surface area contributed by atoms with Crippen molar-refractivity contribution < 1.29 is 23.0 Å². The van der Waals surface area contributed by atoms with Crippen LogP contribution in [0.1, 0.15) is 12.6 Å². The largest absolute Gasteiger partial charge is 0.478 e. The number of hydrogen-bond donors (Lipinski definition) is 1. The summed E-state index contributed by atoms with van der Waals surface area (Å²) < 4.78 is 42.5. The molecule has 1 aliphatic rings. The molecule has 1 aromatic heterocycles. The van der Waals surface area contributed by atoms with Gasteiger partial charge in [-0.3, -0.25) is 4.90 Å². The number of rotatable bonds is 5. The van der Waals surface area contributed by atoms with Gasteiger partial charge in [-0.05, 0) is 13.8 Å². The topological polar surface area (TPSA) is 61.7 Å². The molecule has 0 aliphatic carbocycles. The number of halogens is 3. The number of aliphatic hydroxyl groups excluding tert-OH is 1. The van der Waals surface area contributed by atoms with Crippen molar-refractivity contribution in [3.05, 3.63) is 11.8 Å². The molecule has 0 saturated carbocycles. The molecule has 2 heterocycles. The minimum Gasteiger partial charge on any atom is -0.478 e. The van der Waals surface area contributed by atoms with Crippen molar-refractivity contribution in [2.24, 2.45) is 0 Å². The maximum Gasteiger partial charge on any atom is 0.415 e. The van der Waals surface area contributed by atoms with Crippen molar-refractivity contribution in [1.29, 1.82) is 0 Å². The van der Waals surface area contributed by atoms with E-state index in [-0.39, 0.29) is 0 Å². The van der Waals surface area contributed by atoms with Crippen LogP contribution < -0.4 is 9.64 Å². The van der Waals surface area contributed by atoms with Crippen molar-refractivity contribution in [1.82, 2.24) is 14.9 Å². The van der Waals surface area contributed by atoms with E-state index in [0.717, 1.165) is 5.69 Å². The molecule has 2 rings (SSSR count). The van der Waals surface area contributed by atoms with E-state index in [1.54, 1.807) is 11.0 Å². The van der Waals surface area contributed by atoms with Crippen LogP contribution in [-0.4, -0.2) is 71.6 Å². The molecule has 6 nitrogen and oxygen atoms in total. The molecule has 1 aliphatic heterocycles. The van der Waals surface area contributed by atoms with Crippen LogP contribution in [0.5, 0.6) is 5.88 Å². The minimum atomic E-state index is -4.58. The van der Waals surface area contributed by atoms with E-state index in [0.29, 0.717) is 44.6 Å². The van der Waals surface area contributed by atoms with Crippen LogP contribution in [0.3, 0.4) is 0 Å². The number of aliphatic hydroxyl groups is 1. The maximum atomic E-state index is 12.4. The zero-order chi connectivity index (χ0) is 17.0. The first kappa shape index (κ1) is 17.7. The first-order valence-corrected chi connectivity index (χ1v) is 7.50. The fourth-order valence-corrected chi connectivity index (χ4v) is 2.37. The molecule has 9 heteroatoms. The highest BCUT2D eigenvalue weighted by Crippen LogP contribution is 2.22.